The second-order valence-electron chi connectivity index (χ2n) is 4.25. The quantitative estimate of drug-likeness (QED) is 0.660. The molecule has 1 heterocycles. The lowest BCUT2D eigenvalue weighted by Gasteiger charge is -2.25. The van der Waals surface area contributed by atoms with Gasteiger partial charge in [-0.05, 0) is 12.0 Å². The van der Waals surface area contributed by atoms with Gasteiger partial charge in [0.1, 0.15) is 4.99 Å². The lowest BCUT2D eigenvalue weighted by molar-refractivity contribution is -0.148. The molecule has 5 heteroatoms. The third kappa shape index (κ3) is 2.56. The average molecular weight is 262 g/mol. The van der Waals surface area contributed by atoms with Crippen molar-refractivity contribution in [2.24, 2.45) is 5.73 Å². The second-order valence-corrected chi connectivity index (χ2v) is 4.69. The van der Waals surface area contributed by atoms with E-state index in [1.807, 2.05) is 18.2 Å². The molecule has 0 atom stereocenters. The van der Waals surface area contributed by atoms with E-state index in [-0.39, 0.29) is 23.3 Å². The normalized spacial score (nSPS) is 15.9. The van der Waals surface area contributed by atoms with E-state index < -0.39 is 0 Å². The highest BCUT2D eigenvalue weighted by Gasteiger charge is 2.26. The Morgan fingerprint density at radius 3 is 2.44 bits per heavy atom. The molecule has 2 rings (SSSR count). The first-order valence-corrected chi connectivity index (χ1v) is 6.21. The molecule has 1 aliphatic heterocycles. The van der Waals surface area contributed by atoms with Crippen LogP contribution in [-0.2, 0) is 16.1 Å². The van der Waals surface area contributed by atoms with Crippen LogP contribution in [0.15, 0.2) is 24.3 Å². The summed E-state index contributed by atoms with van der Waals surface area (Å²) in [4.78, 5) is 25.0. The van der Waals surface area contributed by atoms with Crippen molar-refractivity contribution in [3.8, 4) is 0 Å². The predicted molar refractivity (Wildman–Crippen MR) is 71.7 cm³/mol. The Kier molecular flexibility index (Phi) is 3.72. The highest BCUT2D eigenvalue weighted by molar-refractivity contribution is 7.80. The number of likely N-dealkylation sites (tertiary alicyclic amines) is 1. The van der Waals surface area contributed by atoms with Gasteiger partial charge < -0.3 is 5.73 Å². The molecular formula is C13H14N2O2S. The van der Waals surface area contributed by atoms with Gasteiger partial charge in [-0.15, -0.1) is 0 Å². The molecule has 0 saturated carbocycles. The number of amides is 2. The monoisotopic (exact) mass is 262 g/mol. The van der Waals surface area contributed by atoms with Gasteiger partial charge in [-0.1, -0.05) is 36.5 Å². The van der Waals surface area contributed by atoms with E-state index in [2.05, 4.69) is 0 Å². The van der Waals surface area contributed by atoms with Crippen molar-refractivity contribution in [1.82, 2.24) is 4.90 Å². The van der Waals surface area contributed by atoms with Gasteiger partial charge >= 0.3 is 0 Å². The van der Waals surface area contributed by atoms with Gasteiger partial charge in [0, 0.05) is 18.4 Å². The highest BCUT2D eigenvalue weighted by Crippen LogP contribution is 2.18. The van der Waals surface area contributed by atoms with Crippen LogP contribution in [0.2, 0.25) is 0 Å². The van der Waals surface area contributed by atoms with Crippen LogP contribution in [0.4, 0.5) is 0 Å². The van der Waals surface area contributed by atoms with Crippen molar-refractivity contribution in [3.05, 3.63) is 35.4 Å². The summed E-state index contributed by atoms with van der Waals surface area (Å²) in [5.41, 5.74) is 7.17. The van der Waals surface area contributed by atoms with E-state index in [0.717, 1.165) is 11.1 Å². The van der Waals surface area contributed by atoms with Gasteiger partial charge in [-0.25, -0.2) is 0 Å². The molecule has 2 amide bonds. The molecule has 1 aromatic carbocycles. The molecule has 0 aliphatic carbocycles. The first-order valence-electron chi connectivity index (χ1n) is 5.80. The van der Waals surface area contributed by atoms with Crippen LogP contribution in [0.3, 0.4) is 0 Å². The number of nitrogens with zero attached hydrogens (tertiary/aromatic N) is 1. The molecule has 0 unspecified atom stereocenters. The van der Waals surface area contributed by atoms with Gasteiger partial charge in [-0.2, -0.15) is 0 Å². The molecule has 1 aromatic rings. The van der Waals surface area contributed by atoms with E-state index in [9.17, 15) is 9.59 Å². The maximum absolute atomic E-state index is 11.7. The van der Waals surface area contributed by atoms with Crippen LogP contribution in [0, 0.1) is 0 Å². The van der Waals surface area contributed by atoms with Crippen molar-refractivity contribution in [1.29, 1.82) is 0 Å². The van der Waals surface area contributed by atoms with Crippen LogP contribution in [0.5, 0.6) is 0 Å². The lowest BCUT2D eigenvalue weighted by Crippen LogP contribution is -2.39. The third-order valence-corrected chi connectivity index (χ3v) is 3.21. The van der Waals surface area contributed by atoms with Crippen LogP contribution < -0.4 is 5.73 Å². The molecular weight excluding hydrogens is 248 g/mol. The van der Waals surface area contributed by atoms with E-state index in [1.54, 1.807) is 6.07 Å². The summed E-state index contributed by atoms with van der Waals surface area (Å²) < 4.78 is 0. The minimum Gasteiger partial charge on any atom is -0.389 e. The van der Waals surface area contributed by atoms with Crippen LogP contribution in [0.1, 0.15) is 30.4 Å². The first kappa shape index (κ1) is 12.7. The fraction of sp³-hybridized carbons (Fsp3) is 0.308. The summed E-state index contributed by atoms with van der Waals surface area (Å²) in [6, 6.07) is 7.31. The van der Waals surface area contributed by atoms with Gasteiger partial charge in [0.15, 0.2) is 0 Å². The number of hydrogen-bond donors (Lipinski definition) is 1. The molecule has 18 heavy (non-hydrogen) atoms. The van der Waals surface area contributed by atoms with Crippen molar-refractivity contribution >= 4 is 29.0 Å². The molecule has 94 valence electrons. The van der Waals surface area contributed by atoms with Crippen LogP contribution >= 0.6 is 12.2 Å². The van der Waals surface area contributed by atoms with Crippen molar-refractivity contribution in [2.45, 2.75) is 25.8 Å². The minimum absolute atomic E-state index is 0.121. The van der Waals surface area contributed by atoms with Gasteiger partial charge in [0.05, 0.1) is 6.54 Å². The lowest BCUT2D eigenvalue weighted by atomic mass is 10.0. The molecule has 0 spiro atoms. The second kappa shape index (κ2) is 5.27. The number of imide groups is 1. The van der Waals surface area contributed by atoms with Crippen LogP contribution in [-0.4, -0.2) is 21.7 Å². The Morgan fingerprint density at radius 2 is 1.83 bits per heavy atom. The fourth-order valence-electron chi connectivity index (χ4n) is 2.05. The number of piperidine rings is 1. The summed E-state index contributed by atoms with van der Waals surface area (Å²) in [5, 5.41) is 0. The van der Waals surface area contributed by atoms with Gasteiger partial charge in [0.25, 0.3) is 0 Å². The van der Waals surface area contributed by atoms with E-state index in [4.69, 9.17) is 18.0 Å². The summed E-state index contributed by atoms with van der Waals surface area (Å²) in [6.45, 7) is 0.255. The van der Waals surface area contributed by atoms with E-state index in [0.29, 0.717) is 19.3 Å². The van der Waals surface area contributed by atoms with Crippen molar-refractivity contribution < 1.29 is 9.59 Å². The van der Waals surface area contributed by atoms with Crippen molar-refractivity contribution in [3.63, 3.8) is 0 Å². The largest absolute Gasteiger partial charge is 0.389 e. The minimum atomic E-state index is -0.121. The summed E-state index contributed by atoms with van der Waals surface area (Å²) >= 11 is 4.97. The molecule has 1 fully saturated rings. The summed E-state index contributed by atoms with van der Waals surface area (Å²) in [6.07, 6.45) is 1.51. The van der Waals surface area contributed by atoms with Crippen molar-refractivity contribution in [2.75, 3.05) is 0 Å². The maximum Gasteiger partial charge on any atom is 0.229 e. The smallest absolute Gasteiger partial charge is 0.229 e. The average Bonchev–Trinajstić information content (AvgIpc) is 2.34. The maximum atomic E-state index is 11.7. The zero-order valence-corrected chi connectivity index (χ0v) is 10.7. The molecule has 2 N–H and O–H groups in total. The molecule has 0 bridgehead atoms. The van der Waals surface area contributed by atoms with Crippen LogP contribution in [0.25, 0.3) is 0 Å². The van der Waals surface area contributed by atoms with E-state index >= 15 is 0 Å². The number of hydrogen-bond acceptors (Lipinski definition) is 3. The zero-order chi connectivity index (χ0) is 13.1. The summed E-state index contributed by atoms with van der Waals surface area (Å²) in [5.74, 6) is -0.243. The number of carbonyl (C=O) groups is 2. The molecule has 1 saturated heterocycles. The Bertz CT molecular complexity index is 497. The molecule has 0 radical (unpaired) electrons. The Hall–Kier alpha value is -1.75. The highest BCUT2D eigenvalue weighted by atomic mass is 32.1. The van der Waals surface area contributed by atoms with Gasteiger partial charge in [0.2, 0.25) is 11.8 Å². The Labute approximate surface area is 111 Å². The SMILES string of the molecule is NC(=S)c1ccccc1CN1C(=O)CCCC1=O. The molecule has 4 nitrogen and oxygen atoms in total. The number of benzene rings is 1. The molecule has 1 aliphatic rings. The number of carbonyl (C=O) groups excluding carboxylic acids is 2. The third-order valence-electron chi connectivity index (χ3n) is 2.99. The zero-order valence-electron chi connectivity index (χ0n) is 9.89. The van der Waals surface area contributed by atoms with E-state index in [1.165, 1.54) is 4.90 Å². The Morgan fingerprint density at radius 1 is 1.22 bits per heavy atom. The number of nitrogens with two attached hydrogens (primary N) is 1. The number of thiocarbonyl (C=S) groups is 1. The fourth-order valence-corrected chi connectivity index (χ4v) is 2.24. The topological polar surface area (TPSA) is 63.4 Å². The first-order chi connectivity index (χ1) is 8.59. The standard InChI is InChI=1S/C13H14N2O2S/c14-13(18)10-5-2-1-4-9(10)8-15-11(16)6-3-7-12(15)17/h1-2,4-5H,3,6-8H2,(H2,14,18). The predicted octanol–water partition coefficient (Wildman–Crippen LogP) is 1.36. The van der Waals surface area contributed by atoms with Gasteiger partial charge in [-0.3, -0.25) is 14.5 Å². The molecule has 0 aromatic heterocycles. The Balaban J connectivity index is 2.25. The summed E-state index contributed by atoms with van der Waals surface area (Å²) in [7, 11) is 0. The number of rotatable bonds is 3.